The molecule has 2 aromatic carbocycles. The van der Waals surface area contributed by atoms with Crippen LogP contribution in [0.25, 0.3) is 11.3 Å². The lowest BCUT2D eigenvalue weighted by Gasteiger charge is -2.25. The molecule has 1 amide bonds. The van der Waals surface area contributed by atoms with Gasteiger partial charge in [-0.3, -0.25) is 9.89 Å². The van der Waals surface area contributed by atoms with E-state index < -0.39 is 6.04 Å². The molecule has 0 fully saturated rings. The number of aromatic amines is 1. The minimum atomic E-state index is -0.444. The van der Waals surface area contributed by atoms with E-state index in [4.69, 9.17) is 11.6 Å². The van der Waals surface area contributed by atoms with E-state index >= 15 is 0 Å². The van der Waals surface area contributed by atoms with Crippen molar-refractivity contribution in [1.82, 2.24) is 15.1 Å². The standard InChI is InChI=1S/C20H17BrClN3O3/c1-10-7-15(27)13(9-14(10)22)17-16-18(24-23-17)20(28)25(5-6-26)19(16)11-3-2-4-12(21)8-11/h2-4,7-9,19,26-27H,5-6H2,1H3,(H,23,24)/t19-/m1/s1. The van der Waals surface area contributed by atoms with Gasteiger partial charge in [-0.05, 0) is 42.3 Å². The fraction of sp³-hybridized carbons (Fsp3) is 0.200. The summed E-state index contributed by atoms with van der Waals surface area (Å²) in [5, 5.41) is 27.6. The molecule has 3 N–H and O–H groups in total. The molecule has 1 aromatic heterocycles. The number of nitrogens with one attached hydrogen (secondary N) is 1. The number of amides is 1. The second kappa shape index (κ2) is 7.24. The molecule has 1 atom stereocenters. The summed E-state index contributed by atoms with van der Waals surface area (Å²) in [6.07, 6.45) is 0. The monoisotopic (exact) mass is 461 g/mol. The first-order valence-corrected chi connectivity index (χ1v) is 9.84. The molecule has 0 saturated heterocycles. The number of benzene rings is 2. The van der Waals surface area contributed by atoms with Crippen molar-refractivity contribution in [2.24, 2.45) is 0 Å². The van der Waals surface area contributed by atoms with Gasteiger partial charge in [0.15, 0.2) is 0 Å². The quantitative estimate of drug-likeness (QED) is 0.546. The van der Waals surface area contributed by atoms with Crippen LogP contribution in [0.15, 0.2) is 40.9 Å². The lowest BCUT2D eigenvalue weighted by Crippen LogP contribution is -2.32. The normalized spacial score (nSPS) is 15.9. The molecule has 0 spiro atoms. The Kier molecular flexibility index (Phi) is 4.91. The number of nitrogens with zero attached hydrogens (tertiary/aromatic N) is 2. The van der Waals surface area contributed by atoms with Crippen LogP contribution in [0.3, 0.4) is 0 Å². The minimum Gasteiger partial charge on any atom is -0.507 e. The zero-order valence-corrected chi connectivity index (χ0v) is 17.3. The number of hydrogen-bond acceptors (Lipinski definition) is 4. The molecule has 144 valence electrons. The van der Waals surface area contributed by atoms with Gasteiger partial charge in [0.25, 0.3) is 5.91 Å². The van der Waals surface area contributed by atoms with Gasteiger partial charge in [-0.1, -0.05) is 39.7 Å². The summed E-state index contributed by atoms with van der Waals surface area (Å²) in [6, 6.07) is 10.4. The molecule has 0 radical (unpaired) electrons. The summed E-state index contributed by atoms with van der Waals surface area (Å²) >= 11 is 9.74. The van der Waals surface area contributed by atoms with Gasteiger partial charge in [0.1, 0.15) is 17.1 Å². The van der Waals surface area contributed by atoms with Gasteiger partial charge in [0.2, 0.25) is 0 Å². The van der Waals surface area contributed by atoms with Gasteiger partial charge in [-0.2, -0.15) is 5.10 Å². The predicted octanol–water partition coefficient (Wildman–Crippen LogP) is 4.04. The van der Waals surface area contributed by atoms with Crippen molar-refractivity contribution in [3.05, 3.63) is 68.3 Å². The van der Waals surface area contributed by atoms with E-state index in [1.807, 2.05) is 24.3 Å². The molecule has 1 aliphatic heterocycles. The zero-order valence-electron chi connectivity index (χ0n) is 14.9. The number of aliphatic hydroxyl groups excluding tert-OH is 1. The van der Waals surface area contributed by atoms with E-state index in [0.717, 1.165) is 15.6 Å². The maximum absolute atomic E-state index is 12.9. The van der Waals surface area contributed by atoms with E-state index in [2.05, 4.69) is 26.1 Å². The molecule has 2 heterocycles. The predicted molar refractivity (Wildman–Crippen MR) is 110 cm³/mol. The number of aliphatic hydroxyl groups is 1. The number of hydrogen-bond donors (Lipinski definition) is 3. The van der Waals surface area contributed by atoms with Crippen molar-refractivity contribution < 1.29 is 15.0 Å². The van der Waals surface area contributed by atoms with E-state index in [9.17, 15) is 15.0 Å². The van der Waals surface area contributed by atoms with Crippen molar-refractivity contribution in [2.45, 2.75) is 13.0 Å². The van der Waals surface area contributed by atoms with E-state index in [0.29, 0.717) is 27.5 Å². The summed E-state index contributed by atoms with van der Waals surface area (Å²) in [6.45, 7) is 1.82. The number of aromatic nitrogens is 2. The summed E-state index contributed by atoms with van der Waals surface area (Å²) < 4.78 is 0.876. The van der Waals surface area contributed by atoms with Gasteiger partial charge >= 0.3 is 0 Å². The largest absolute Gasteiger partial charge is 0.507 e. The summed E-state index contributed by atoms with van der Waals surface area (Å²) in [7, 11) is 0. The molecule has 6 nitrogen and oxygen atoms in total. The Morgan fingerprint density at radius 1 is 1.32 bits per heavy atom. The number of aromatic hydroxyl groups is 1. The van der Waals surface area contributed by atoms with Gasteiger partial charge in [0, 0.05) is 27.2 Å². The Morgan fingerprint density at radius 3 is 2.82 bits per heavy atom. The Hall–Kier alpha value is -2.35. The molecular formula is C20H17BrClN3O3. The number of phenols is 1. The molecule has 1 aliphatic rings. The molecule has 28 heavy (non-hydrogen) atoms. The number of rotatable bonds is 4. The number of H-pyrrole nitrogens is 1. The number of β-amino-alcohol motifs (C(OH)–C–C–N with tert-alkyl or cyclic N) is 1. The zero-order chi connectivity index (χ0) is 20.0. The number of halogens is 2. The van der Waals surface area contributed by atoms with Crippen LogP contribution in [0.1, 0.15) is 33.2 Å². The smallest absolute Gasteiger partial charge is 0.273 e. The van der Waals surface area contributed by atoms with E-state index in [1.54, 1.807) is 24.0 Å². The maximum atomic E-state index is 12.9. The van der Waals surface area contributed by atoms with Crippen LogP contribution < -0.4 is 0 Å². The average molecular weight is 463 g/mol. The first-order chi connectivity index (χ1) is 13.4. The molecule has 0 unspecified atom stereocenters. The van der Waals surface area contributed by atoms with Crippen molar-refractivity contribution in [3.8, 4) is 17.0 Å². The highest BCUT2D eigenvalue weighted by molar-refractivity contribution is 9.10. The number of fused-ring (bicyclic) bond motifs is 1. The third-order valence-electron chi connectivity index (χ3n) is 4.90. The molecule has 0 saturated carbocycles. The van der Waals surface area contributed by atoms with Crippen molar-refractivity contribution in [3.63, 3.8) is 0 Å². The number of aryl methyl sites for hydroxylation is 1. The third-order valence-corrected chi connectivity index (χ3v) is 5.80. The van der Waals surface area contributed by atoms with Crippen LogP contribution in [0.2, 0.25) is 5.02 Å². The summed E-state index contributed by atoms with van der Waals surface area (Å²) in [5.74, 6) is -0.206. The highest BCUT2D eigenvalue weighted by Gasteiger charge is 2.42. The topological polar surface area (TPSA) is 89.5 Å². The van der Waals surface area contributed by atoms with Crippen molar-refractivity contribution in [1.29, 1.82) is 0 Å². The van der Waals surface area contributed by atoms with Gasteiger partial charge in [0.05, 0.1) is 12.6 Å². The Labute approximate surface area is 174 Å². The summed E-state index contributed by atoms with van der Waals surface area (Å²) in [4.78, 5) is 14.5. The third kappa shape index (κ3) is 2.99. The number of phenolic OH excluding ortho intramolecular Hbond substituents is 1. The fourth-order valence-electron chi connectivity index (χ4n) is 3.62. The Balaban J connectivity index is 1.94. The molecule has 3 aromatic rings. The van der Waals surface area contributed by atoms with Crippen LogP contribution in [0, 0.1) is 6.92 Å². The number of carbonyl (C=O) groups is 1. The lowest BCUT2D eigenvalue weighted by atomic mass is 9.95. The Morgan fingerprint density at radius 2 is 2.11 bits per heavy atom. The molecule has 0 bridgehead atoms. The van der Waals surface area contributed by atoms with Crippen molar-refractivity contribution in [2.75, 3.05) is 13.2 Å². The molecule has 0 aliphatic carbocycles. The van der Waals surface area contributed by atoms with Crippen molar-refractivity contribution >= 4 is 33.4 Å². The Bertz CT molecular complexity index is 1080. The lowest BCUT2D eigenvalue weighted by molar-refractivity contribution is 0.0706. The molecule has 8 heteroatoms. The van der Waals surface area contributed by atoms with E-state index in [1.165, 1.54) is 0 Å². The first kappa shape index (κ1) is 19.0. The van der Waals surface area contributed by atoms with Gasteiger partial charge < -0.3 is 15.1 Å². The second-order valence-corrected chi connectivity index (χ2v) is 7.98. The summed E-state index contributed by atoms with van der Waals surface area (Å²) in [5.41, 5.74) is 3.54. The van der Waals surface area contributed by atoms with Crippen LogP contribution in [0.4, 0.5) is 0 Å². The van der Waals surface area contributed by atoms with Crippen LogP contribution in [-0.4, -0.2) is 44.4 Å². The van der Waals surface area contributed by atoms with E-state index in [-0.39, 0.29) is 24.8 Å². The van der Waals surface area contributed by atoms with Crippen LogP contribution in [0.5, 0.6) is 5.75 Å². The maximum Gasteiger partial charge on any atom is 0.273 e. The van der Waals surface area contributed by atoms with Gasteiger partial charge in [-0.25, -0.2) is 0 Å². The average Bonchev–Trinajstić information content (AvgIpc) is 3.18. The number of carbonyl (C=O) groups excluding carboxylic acids is 1. The SMILES string of the molecule is Cc1cc(O)c(-c2n[nH]c3c2[C@@H](c2cccc(Br)c2)N(CCO)C3=O)cc1Cl. The van der Waals surface area contributed by atoms with Gasteiger partial charge in [-0.15, -0.1) is 0 Å². The highest BCUT2D eigenvalue weighted by Crippen LogP contribution is 2.45. The second-order valence-electron chi connectivity index (χ2n) is 6.66. The minimum absolute atomic E-state index is 0.0391. The molecule has 4 rings (SSSR count). The van der Waals surface area contributed by atoms with Crippen LogP contribution in [-0.2, 0) is 0 Å². The van der Waals surface area contributed by atoms with Crippen LogP contribution >= 0.6 is 27.5 Å². The fourth-order valence-corrected chi connectivity index (χ4v) is 4.20. The molecular weight excluding hydrogens is 446 g/mol. The first-order valence-electron chi connectivity index (χ1n) is 8.67. The highest BCUT2D eigenvalue weighted by atomic mass is 79.9.